The average molecular weight is 337 g/mol. The van der Waals surface area contributed by atoms with Crippen LogP contribution in [-0.2, 0) is 11.2 Å². The summed E-state index contributed by atoms with van der Waals surface area (Å²) in [7, 11) is 0. The number of aromatic nitrogens is 1. The Balaban J connectivity index is 2.05. The molecule has 20 heavy (non-hydrogen) atoms. The van der Waals surface area contributed by atoms with Crippen LogP contribution in [0.15, 0.2) is 47.1 Å². The highest BCUT2D eigenvalue weighted by Gasteiger charge is 2.12. The van der Waals surface area contributed by atoms with Crippen molar-refractivity contribution in [1.29, 1.82) is 0 Å². The molecule has 2 aromatic rings. The highest BCUT2D eigenvalue weighted by molar-refractivity contribution is 9.10. The Bertz CT molecular complexity index is 602. The number of hydrogen-bond donors (Lipinski definition) is 2. The van der Waals surface area contributed by atoms with E-state index >= 15 is 0 Å². The maximum absolute atomic E-state index is 10.7. The van der Waals surface area contributed by atoms with Crippen LogP contribution in [0.25, 0.3) is 0 Å². The van der Waals surface area contributed by atoms with E-state index in [9.17, 15) is 4.79 Å². The van der Waals surface area contributed by atoms with E-state index in [-0.39, 0.29) is 6.42 Å². The van der Waals surface area contributed by atoms with E-state index in [1.807, 2.05) is 6.07 Å². The summed E-state index contributed by atoms with van der Waals surface area (Å²) in [5, 5.41) is 8.76. The van der Waals surface area contributed by atoms with Gasteiger partial charge in [-0.2, -0.15) is 0 Å². The number of ether oxygens (including phenoxy) is 1. The van der Waals surface area contributed by atoms with E-state index in [4.69, 9.17) is 15.6 Å². The number of carboxylic acids is 1. The molecule has 1 unspecified atom stereocenters. The molecule has 1 heterocycles. The number of rotatable bonds is 5. The molecule has 0 amide bonds. The molecule has 0 fully saturated rings. The van der Waals surface area contributed by atoms with Crippen LogP contribution in [0.5, 0.6) is 11.6 Å². The maximum Gasteiger partial charge on any atom is 0.320 e. The van der Waals surface area contributed by atoms with E-state index in [0.29, 0.717) is 11.6 Å². The predicted molar refractivity (Wildman–Crippen MR) is 77.8 cm³/mol. The number of nitrogens with two attached hydrogens (primary N) is 1. The summed E-state index contributed by atoms with van der Waals surface area (Å²) in [6.45, 7) is 0. The zero-order valence-corrected chi connectivity index (χ0v) is 12.1. The summed E-state index contributed by atoms with van der Waals surface area (Å²) in [6, 6.07) is 9.82. The van der Waals surface area contributed by atoms with Crippen molar-refractivity contribution in [2.75, 3.05) is 0 Å². The number of aliphatic carboxylic acids is 1. The average Bonchev–Trinajstić information content (AvgIpc) is 2.43. The number of carbonyl (C=O) groups is 1. The second kappa shape index (κ2) is 6.49. The Morgan fingerprint density at radius 1 is 1.35 bits per heavy atom. The molecule has 1 aromatic heterocycles. The molecule has 0 saturated heterocycles. The van der Waals surface area contributed by atoms with E-state index < -0.39 is 12.0 Å². The Morgan fingerprint density at radius 3 is 2.65 bits per heavy atom. The zero-order valence-electron chi connectivity index (χ0n) is 10.5. The third-order valence-electron chi connectivity index (χ3n) is 2.64. The highest BCUT2D eigenvalue weighted by atomic mass is 79.9. The van der Waals surface area contributed by atoms with Gasteiger partial charge >= 0.3 is 5.97 Å². The van der Waals surface area contributed by atoms with Gasteiger partial charge in [-0.15, -0.1) is 0 Å². The summed E-state index contributed by atoms with van der Waals surface area (Å²) in [4.78, 5) is 14.8. The van der Waals surface area contributed by atoms with Crippen LogP contribution in [0, 0.1) is 0 Å². The van der Waals surface area contributed by atoms with Gasteiger partial charge in [0.2, 0.25) is 5.88 Å². The quantitative estimate of drug-likeness (QED) is 0.876. The van der Waals surface area contributed by atoms with Crippen LogP contribution in [0.3, 0.4) is 0 Å². The number of pyridine rings is 1. The van der Waals surface area contributed by atoms with Crippen LogP contribution in [-0.4, -0.2) is 22.1 Å². The van der Waals surface area contributed by atoms with Gasteiger partial charge in [-0.25, -0.2) is 4.98 Å². The van der Waals surface area contributed by atoms with Crippen LogP contribution in [0.4, 0.5) is 0 Å². The minimum absolute atomic E-state index is 0.281. The predicted octanol–water partition coefficient (Wildman–Crippen LogP) is 2.59. The molecule has 6 heteroatoms. The van der Waals surface area contributed by atoms with E-state index in [0.717, 1.165) is 10.0 Å². The normalized spacial score (nSPS) is 11.9. The summed E-state index contributed by atoms with van der Waals surface area (Å²) in [5.41, 5.74) is 6.32. The molecule has 0 bridgehead atoms. The standard InChI is InChI=1S/C14H13BrN2O3/c15-11-2-1-7-17-13(11)20-10-5-3-9(4-6-10)8-12(16)14(18)19/h1-7,12H,8,16H2,(H,18,19). The second-order valence-corrected chi connectivity index (χ2v) is 5.04. The van der Waals surface area contributed by atoms with E-state index in [2.05, 4.69) is 20.9 Å². The lowest BCUT2D eigenvalue weighted by molar-refractivity contribution is -0.138. The van der Waals surface area contributed by atoms with Crippen LogP contribution in [0.1, 0.15) is 5.56 Å². The molecule has 3 N–H and O–H groups in total. The number of benzene rings is 1. The molecule has 1 aromatic carbocycles. The number of halogens is 1. The molecule has 5 nitrogen and oxygen atoms in total. The largest absolute Gasteiger partial charge is 0.480 e. The lowest BCUT2D eigenvalue weighted by atomic mass is 10.1. The fourth-order valence-electron chi connectivity index (χ4n) is 1.59. The minimum Gasteiger partial charge on any atom is -0.480 e. The molecule has 0 aliphatic heterocycles. The molecule has 0 aliphatic rings. The zero-order chi connectivity index (χ0) is 14.5. The summed E-state index contributed by atoms with van der Waals surface area (Å²) < 4.78 is 6.37. The van der Waals surface area contributed by atoms with Gasteiger partial charge in [0.25, 0.3) is 0 Å². The first kappa shape index (κ1) is 14.5. The third-order valence-corrected chi connectivity index (χ3v) is 3.24. The molecule has 0 spiro atoms. The molecule has 104 valence electrons. The van der Waals surface area contributed by atoms with Crippen molar-refractivity contribution in [1.82, 2.24) is 4.98 Å². The Kier molecular flexibility index (Phi) is 4.70. The lowest BCUT2D eigenvalue weighted by Crippen LogP contribution is -2.32. The molecular formula is C14H13BrN2O3. The van der Waals surface area contributed by atoms with Gasteiger partial charge in [0, 0.05) is 6.20 Å². The molecule has 2 rings (SSSR count). The van der Waals surface area contributed by atoms with Gasteiger partial charge in [0.1, 0.15) is 11.8 Å². The van der Waals surface area contributed by atoms with E-state index in [1.165, 1.54) is 0 Å². The molecule has 0 radical (unpaired) electrons. The van der Waals surface area contributed by atoms with E-state index in [1.54, 1.807) is 36.5 Å². The molecular weight excluding hydrogens is 324 g/mol. The van der Waals surface area contributed by atoms with Crippen LogP contribution in [0.2, 0.25) is 0 Å². The molecule has 1 atom stereocenters. The Morgan fingerprint density at radius 2 is 2.05 bits per heavy atom. The van der Waals surface area contributed by atoms with Crippen molar-refractivity contribution in [3.05, 3.63) is 52.6 Å². The van der Waals surface area contributed by atoms with Crippen molar-refractivity contribution in [2.45, 2.75) is 12.5 Å². The topological polar surface area (TPSA) is 85.4 Å². The monoisotopic (exact) mass is 336 g/mol. The van der Waals surface area contributed by atoms with Gasteiger partial charge in [-0.05, 0) is 52.2 Å². The Labute approximate surface area is 124 Å². The first-order valence-corrected chi connectivity index (χ1v) is 6.71. The SMILES string of the molecule is NC(Cc1ccc(Oc2ncccc2Br)cc1)C(=O)O. The number of hydrogen-bond acceptors (Lipinski definition) is 4. The smallest absolute Gasteiger partial charge is 0.320 e. The van der Waals surface area contributed by atoms with Crippen molar-refractivity contribution in [2.24, 2.45) is 5.73 Å². The molecule has 0 saturated carbocycles. The summed E-state index contributed by atoms with van der Waals surface area (Å²) in [6.07, 6.45) is 1.92. The third kappa shape index (κ3) is 3.79. The first-order valence-electron chi connectivity index (χ1n) is 5.92. The summed E-state index contributed by atoms with van der Waals surface area (Å²) >= 11 is 3.35. The van der Waals surface area contributed by atoms with Gasteiger partial charge in [0.15, 0.2) is 0 Å². The van der Waals surface area contributed by atoms with Crippen molar-refractivity contribution >= 4 is 21.9 Å². The van der Waals surface area contributed by atoms with Gasteiger partial charge in [-0.3, -0.25) is 4.79 Å². The number of nitrogens with zero attached hydrogens (tertiary/aromatic N) is 1. The maximum atomic E-state index is 10.7. The highest BCUT2D eigenvalue weighted by Crippen LogP contribution is 2.26. The van der Waals surface area contributed by atoms with Crippen molar-refractivity contribution in [3.8, 4) is 11.6 Å². The Hall–Kier alpha value is -1.92. The first-order chi connectivity index (χ1) is 9.56. The van der Waals surface area contributed by atoms with Crippen LogP contribution < -0.4 is 10.5 Å². The number of carboxylic acid groups (broad SMARTS) is 1. The van der Waals surface area contributed by atoms with Gasteiger partial charge in [0.05, 0.1) is 4.47 Å². The van der Waals surface area contributed by atoms with Gasteiger partial charge in [-0.1, -0.05) is 12.1 Å². The van der Waals surface area contributed by atoms with Gasteiger partial charge < -0.3 is 15.6 Å². The van der Waals surface area contributed by atoms with Crippen molar-refractivity contribution in [3.63, 3.8) is 0 Å². The van der Waals surface area contributed by atoms with Crippen molar-refractivity contribution < 1.29 is 14.6 Å². The van der Waals surface area contributed by atoms with Crippen LogP contribution >= 0.6 is 15.9 Å². The lowest BCUT2D eigenvalue weighted by Gasteiger charge is -2.09. The fraction of sp³-hybridized carbons (Fsp3) is 0.143. The summed E-state index contributed by atoms with van der Waals surface area (Å²) in [5.74, 6) is 0.0854. The minimum atomic E-state index is -1.01. The molecule has 0 aliphatic carbocycles. The second-order valence-electron chi connectivity index (χ2n) is 4.19. The fourth-order valence-corrected chi connectivity index (χ4v) is 1.93.